The Morgan fingerprint density at radius 1 is 1.09 bits per heavy atom. The van der Waals surface area contributed by atoms with Crippen molar-refractivity contribution in [3.05, 3.63) is 38.4 Å². The zero-order chi connectivity index (χ0) is 16.7. The van der Waals surface area contributed by atoms with Gasteiger partial charge < -0.3 is 9.94 Å². The van der Waals surface area contributed by atoms with Crippen molar-refractivity contribution in [1.82, 2.24) is 9.94 Å². The summed E-state index contributed by atoms with van der Waals surface area (Å²) in [4.78, 5) is 17.8. The Kier molecular flexibility index (Phi) is 4.08. The molecule has 0 saturated heterocycles. The van der Waals surface area contributed by atoms with Crippen molar-refractivity contribution in [2.75, 3.05) is 0 Å². The average Bonchev–Trinajstić information content (AvgIpc) is 2.74. The smallest absolute Gasteiger partial charge is 0.359 e. The molecule has 2 aromatic rings. The summed E-state index contributed by atoms with van der Waals surface area (Å²) in [5, 5.41) is 14.5. The number of aromatic hydroxyl groups is 1. The molecule has 120 valence electrons. The van der Waals surface area contributed by atoms with E-state index in [9.17, 15) is 9.90 Å². The van der Waals surface area contributed by atoms with E-state index in [0.29, 0.717) is 5.75 Å². The molecule has 0 amide bonds. The van der Waals surface area contributed by atoms with Crippen molar-refractivity contribution in [3.8, 4) is 11.5 Å². The van der Waals surface area contributed by atoms with Crippen molar-refractivity contribution in [2.24, 2.45) is 0 Å². The van der Waals surface area contributed by atoms with Crippen LogP contribution in [-0.2, 0) is 10.8 Å². The van der Waals surface area contributed by atoms with Gasteiger partial charge in [-0.1, -0.05) is 52.9 Å². The number of phenolic OH excluding ortho intramolecular Hbond substituents is 1. The number of benzene rings is 1. The molecule has 0 aliphatic heterocycles. The minimum Gasteiger partial charge on any atom is -0.507 e. The van der Waals surface area contributed by atoms with Crippen LogP contribution in [0.15, 0.2) is 22.4 Å². The van der Waals surface area contributed by atoms with E-state index < -0.39 is 0 Å². The van der Waals surface area contributed by atoms with E-state index in [1.807, 2.05) is 41.5 Å². The molecule has 1 aromatic carbocycles. The second kappa shape index (κ2) is 5.43. The van der Waals surface area contributed by atoms with Crippen LogP contribution in [0.1, 0.15) is 52.7 Å². The van der Waals surface area contributed by atoms with Crippen LogP contribution in [0.25, 0.3) is 0 Å². The van der Waals surface area contributed by atoms with E-state index in [0.717, 1.165) is 27.3 Å². The van der Waals surface area contributed by atoms with Gasteiger partial charge in [0.1, 0.15) is 11.3 Å². The van der Waals surface area contributed by atoms with Crippen LogP contribution in [-0.4, -0.2) is 15.1 Å². The Morgan fingerprint density at radius 2 is 1.59 bits per heavy atom. The third kappa shape index (κ3) is 3.32. The standard InChI is InChI=1S/C16H22N2O3S/c1-15(2,3)11-7-10(21-18-14(20)22-9-17-18)8-12(13(11)19)16(4,5)6/h7-9,19H,1-6H3. The van der Waals surface area contributed by atoms with Gasteiger partial charge >= 0.3 is 4.87 Å². The van der Waals surface area contributed by atoms with E-state index in [4.69, 9.17) is 4.84 Å². The van der Waals surface area contributed by atoms with Gasteiger partial charge in [-0.3, -0.25) is 4.79 Å². The number of hydrogen-bond donors (Lipinski definition) is 1. The van der Waals surface area contributed by atoms with Gasteiger partial charge in [0, 0.05) is 11.1 Å². The molecule has 0 fully saturated rings. The quantitative estimate of drug-likeness (QED) is 0.920. The predicted molar refractivity (Wildman–Crippen MR) is 87.9 cm³/mol. The van der Waals surface area contributed by atoms with Crippen molar-refractivity contribution in [2.45, 2.75) is 52.4 Å². The molecule has 6 heteroatoms. The minimum atomic E-state index is -0.289. The Hall–Kier alpha value is -1.82. The van der Waals surface area contributed by atoms with E-state index >= 15 is 0 Å². The second-order valence-electron chi connectivity index (χ2n) is 7.34. The predicted octanol–water partition coefficient (Wildman–Crippen LogP) is 3.45. The number of aromatic nitrogens is 2. The zero-order valence-electron chi connectivity index (χ0n) is 13.8. The lowest BCUT2D eigenvalue weighted by molar-refractivity contribution is 0.170. The largest absolute Gasteiger partial charge is 0.507 e. The summed E-state index contributed by atoms with van der Waals surface area (Å²) in [6.45, 7) is 12.1. The van der Waals surface area contributed by atoms with E-state index in [1.54, 1.807) is 12.1 Å². The average molecular weight is 322 g/mol. The van der Waals surface area contributed by atoms with Gasteiger partial charge in [-0.2, -0.15) is 0 Å². The molecular weight excluding hydrogens is 300 g/mol. The van der Waals surface area contributed by atoms with Crippen molar-refractivity contribution in [1.29, 1.82) is 0 Å². The molecule has 0 saturated carbocycles. The fourth-order valence-electron chi connectivity index (χ4n) is 2.17. The highest BCUT2D eigenvalue weighted by Crippen LogP contribution is 2.41. The van der Waals surface area contributed by atoms with Crippen LogP contribution >= 0.6 is 11.3 Å². The molecule has 1 aromatic heterocycles. The summed E-state index contributed by atoms with van der Waals surface area (Å²) in [7, 11) is 0. The summed E-state index contributed by atoms with van der Waals surface area (Å²) in [6.07, 6.45) is 0. The zero-order valence-corrected chi connectivity index (χ0v) is 14.6. The molecule has 2 rings (SSSR count). The Morgan fingerprint density at radius 3 is 1.95 bits per heavy atom. The number of nitrogens with zero attached hydrogens (tertiary/aromatic N) is 2. The highest BCUT2D eigenvalue weighted by atomic mass is 32.1. The third-order valence-electron chi connectivity index (χ3n) is 3.35. The molecule has 0 atom stereocenters. The maximum atomic E-state index is 11.6. The van der Waals surface area contributed by atoms with Crippen LogP contribution in [0.5, 0.6) is 11.5 Å². The Labute approximate surface area is 134 Å². The molecule has 5 nitrogen and oxygen atoms in total. The molecule has 1 N–H and O–H groups in total. The Balaban J connectivity index is 2.60. The van der Waals surface area contributed by atoms with E-state index in [2.05, 4.69) is 5.10 Å². The maximum absolute atomic E-state index is 11.6. The van der Waals surface area contributed by atoms with Crippen molar-refractivity contribution in [3.63, 3.8) is 0 Å². The topological polar surface area (TPSA) is 64.4 Å². The van der Waals surface area contributed by atoms with E-state index in [1.165, 1.54) is 5.51 Å². The van der Waals surface area contributed by atoms with E-state index in [-0.39, 0.29) is 21.5 Å². The lowest BCUT2D eigenvalue weighted by Gasteiger charge is -2.27. The summed E-state index contributed by atoms with van der Waals surface area (Å²) in [5.41, 5.74) is 2.47. The monoisotopic (exact) mass is 322 g/mol. The second-order valence-corrected chi connectivity index (χ2v) is 8.13. The van der Waals surface area contributed by atoms with Gasteiger partial charge in [0.15, 0.2) is 5.75 Å². The first-order valence-corrected chi connectivity index (χ1v) is 7.97. The maximum Gasteiger partial charge on any atom is 0.359 e. The third-order valence-corrected chi connectivity index (χ3v) is 3.91. The van der Waals surface area contributed by atoms with Crippen LogP contribution in [0.4, 0.5) is 0 Å². The lowest BCUT2D eigenvalue weighted by atomic mass is 9.79. The Bertz CT molecular complexity index is 698. The number of phenols is 1. The lowest BCUT2D eigenvalue weighted by Crippen LogP contribution is -2.22. The molecule has 0 bridgehead atoms. The highest BCUT2D eigenvalue weighted by molar-refractivity contribution is 7.06. The van der Waals surface area contributed by atoms with Crippen LogP contribution in [0.3, 0.4) is 0 Å². The molecule has 1 heterocycles. The fraction of sp³-hybridized carbons (Fsp3) is 0.500. The van der Waals surface area contributed by atoms with Gasteiger partial charge in [-0.15, -0.1) is 5.10 Å². The minimum absolute atomic E-state index is 0.253. The molecule has 0 spiro atoms. The van der Waals surface area contributed by atoms with Crippen LogP contribution in [0.2, 0.25) is 0 Å². The highest BCUT2D eigenvalue weighted by Gasteiger charge is 2.27. The number of hydrogen-bond acceptors (Lipinski definition) is 5. The van der Waals surface area contributed by atoms with Gasteiger partial charge in [-0.25, -0.2) is 0 Å². The van der Waals surface area contributed by atoms with Crippen molar-refractivity contribution < 1.29 is 9.94 Å². The van der Waals surface area contributed by atoms with Crippen molar-refractivity contribution >= 4 is 11.3 Å². The first-order valence-electron chi connectivity index (χ1n) is 7.09. The molecular formula is C16H22N2O3S. The molecule has 0 aliphatic carbocycles. The summed E-state index contributed by atoms with van der Waals surface area (Å²) < 4.78 is 0. The van der Waals surface area contributed by atoms with Gasteiger partial charge in [-0.05, 0) is 27.8 Å². The van der Waals surface area contributed by atoms with Gasteiger partial charge in [0.2, 0.25) is 0 Å². The number of rotatable bonds is 2. The molecule has 0 aliphatic rings. The molecule has 0 radical (unpaired) electrons. The summed E-state index contributed by atoms with van der Waals surface area (Å²) in [5.74, 6) is 0.763. The molecule has 0 unspecified atom stereocenters. The van der Waals surface area contributed by atoms with Crippen LogP contribution in [0, 0.1) is 0 Å². The SMILES string of the molecule is CC(C)(C)c1cc(On2ncsc2=O)cc(C(C)(C)C)c1O. The first kappa shape index (κ1) is 16.5. The van der Waals surface area contributed by atoms with Crippen LogP contribution < -0.4 is 9.71 Å². The fourth-order valence-corrected chi connectivity index (χ4v) is 2.57. The van der Waals surface area contributed by atoms with Gasteiger partial charge in [0.05, 0.1) is 0 Å². The normalized spacial score (nSPS) is 12.5. The first-order chi connectivity index (χ1) is 10.00. The van der Waals surface area contributed by atoms with Gasteiger partial charge in [0.25, 0.3) is 0 Å². The molecule has 22 heavy (non-hydrogen) atoms. The summed E-state index contributed by atoms with van der Waals surface area (Å²) >= 11 is 0.968. The summed E-state index contributed by atoms with van der Waals surface area (Å²) in [6, 6.07) is 3.52.